The zero-order valence-corrected chi connectivity index (χ0v) is 17.5. The lowest BCUT2D eigenvalue weighted by Crippen LogP contribution is -2.31. The summed E-state index contributed by atoms with van der Waals surface area (Å²) in [4.78, 5) is 28.3. The minimum Gasteiger partial charge on any atom is -0.370 e. The van der Waals surface area contributed by atoms with Gasteiger partial charge >= 0.3 is 0 Å². The van der Waals surface area contributed by atoms with Gasteiger partial charge in [-0.15, -0.1) is 11.3 Å². The molecule has 0 aliphatic carbocycles. The molecule has 2 aliphatic rings. The molecule has 8 heteroatoms. The predicted octanol–water partition coefficient (Wildman–Crippen LogP) is 3.06. The number of aromatic nitrogens is 3. The highest BCUT2D eigenvalue weighted by atomic mass is 32.1. The fraction of sp³-hybridized carbons (Fsp3) is 0.476. The number of carbonyl (C=O) groups excluding carboxylic acids is 1. The molecule has 3 aromatic rings. The average molecular weight is 411 g/mol. The second-order valence-corrected chi connectivity index (χ2v) is 9.02. The van der Waals surface area contributed by atoms with E-state index in [0.29, 0.717) is 5.92 Å². The Morgan fingerprint density at radius 3 is 2.93 bits per heavy atom. The van der Waals surface area contributed by atoms with Crippen molar-refractivity contribution in [1.82, 2.24) is 24.2 Å². The van der Waals surface area contributed by atoms with Gasteiger partial charge in [0.2, 0.25) is 0 Å². The zero-order valence-electron chi connectivity index (χ0n) is 16.7. The van der Waals surface area contributed by atoms with Gasteiger partial charge in [-0.1, -0.05) is 0 Å². The number of anilines is 1. The number of hydrogen-bond donors (Lipinski definition) is 1. The molecule has 7 nitrogen and oxygen atoms in total. The topological polar surface area (TPSA) is 65.8 Å². The molecule has 2 saturated heterocycles. The third-order valence-electron chi connectivity index (χ3n) is 6.02. The van der Waals surface area contributed by atoms with Crippen LogP contribution in [0.25, 0.3) is 16.2 Å². The molecule has 2 fully saturated rings. The van der Waals surface area contributed by atoms with Crippen LogP contribution in [0.5, 0.6) is 0 Å². The molecule has 1 N–H and O–H groups in total. The highest BCUT2D eigenvalue weighted by Crippen LogP contribution is 2.31. The number of nitrogens with zero attached hydrogens (tertiary/aromatic N) is 5. The average Bonchev–Trinajstić information content (AvgIpc) is 3.53. The van der Waals surface area contributed by atoms with Crippen molar-refractivity contribution >= 4 is 28.7 Å². The maximum Gasteiger partial charge on any atom is 0.263 e. The van der Waals surface area contributed by atoms with Crippen molar-refractivity contribution in [2.45, 2.75) is 19.3 Å². The van der Waals surface area contributed by atoms with Crippen LogP contribution in [0.2, 0.25) is 0 Å². The molecule has 152 valence electrons. The third kappa shape index (κ3) is 3.51. The standard InChI is InChI=1S/C21H26N6OS/c1-22-19-20-24-12-16(27(20)11-7-23-19)17-4-5-18(29-17)21(28)26-10-6-15(14-26)13-25-8-2-3-9-25/h4-5,7,11-12,15H,2-3,6,8-10,13-14H2,1H3,(H,22,23). The van der Waals surface area contributed by atoms with Gasteiger partial charge in [-0.3, -0.25) is 9.20 Å². The number of amides is 1. The number of carbonyl (C=O) groups is 1. The monoisotopic (exact) mass is 410 g/mol. The Balaban J connectivity index is 1.31. The summed E-state index contributed by atoms with van der Waals surface area (Å²) in [5.74, 6) is 1.52. The second kappa shape index (κ2) is 7.76. The summed E-state index contributed by atoms with van der Waals surface area (Å²) in [5, 5.41) is 3.07. The minimum atomic E-state index is 0.163. The number of rotatable bonds is 5. The molecular formula is C21H26N6OS. The Morgan fingerprint density at radius 1 is 1.24 bits per heavy atom. The third-order valence-corrected chi connectivity index (χ3v) is 7.12. The van der Waals surface area contributed by atoms with E-state index < -0.39 is 0 Å². The van der Waals surface area contributed by atoms with E-state index in [1.807, 2.05) is 40.9 Å². The van der Waals surface area contributed by atoms with Gasteiger partial charge in [0.05, 0.1) is 21.6 Å². The molecule has 1 unspecified atom stereocenters. The highest BCUT2D eigenvalue weighted by molar-refractivity contribution is 7.17. The Hall–Kier alpha value is -2.45. The molecule has 29 heavy (non-hydrogen) atoms. The molecule has 2 aliphatic heterocycles. The first kappa shape index (κ1) is 18.6. The smallest absolute Gasteiger partial charge is 0.263 e. The van der Waals surface area contributed by atoms with Gasteiger partial charge in [-0.05, 0) is 50.4 Å². The van der Waals surface area contributed by atoms with Gasteiger partial charge in [0.1, 0.15) is 0 Å². The summed E-state index contributed by atoms with van der Waals surface area (Å²) in [7, 11) is 1.84. The van der Waals surface area contributed by atoms with E-state index in [-0.39, 0.29) is 5.91 Å². The quantitative estimate of drug-likeness (QED) is 0.700. The number of fused-ring (bicyclic) bond motifs is 1. The van der Waals surface area contributed by atoms with E-state index in [1.165, 1.54) is 25.9 Å². The van der Waals surface area contributed by atoms with Crippen LogP contribution in [0.4, 0.5) is 5.82 Å². The van der Waals surface area contributed by atoms with Crippen molar-refractivity contribution in [3.8, 4) is 10.6 Å². The van der Waals surface area contributed by atoms with Crippen LogP contribution in [-0.2, 0) is 0 Å². The first-order valence-electron chi connectivity index (χ1n) is 10.3. The fourth-order valence-electron chi connectivity index (χ4n) is 4.52. The highest BCUT2D eigenvalue weighted by Gasteiger charge is 2.29. The largest absolute Gasteiger partial charge is 0.370 e. The van der Waals surface area contributed by atoms with Crippen LogP contribution in [0.3, 0.4) is 0 Å². The van der Waals surface area contributed by atoms with E-state index in [1.54, 1.807) is 17.5 Å². The van der Waals surface area contributed by atoms with Gasteiger partial charge in [-0.2, -0.15) is 0 Å². The Kier molecular flexibility index (Phi) is 4.97. The first-order valence-corrected chi connectivity index (χ1v) is 11.2. The van der Waals surface area contributed by atoms with Crippen molar-refractivity contribution in [2.75, 3.05) is 45.1 Å². The van der Waals surface area contributed by atoms with Gasteiger partial charge in [-0.25, -0.2) is 9.97 Å². The molecule has 0 radical (unpaired) electrons. The molecule has 1 atom stereocenters. The molecule has 1 amide bonds. The Bertz CT molecular complexity index is 1020. The molecule has 3 aromatic heterocycles. The van der Waals surface area contributed by atoms with Crippen LogP contribution in [0.1, 0.15) is 28.9 Å². The number of nitrogens with one attached hydrogen (secondary N) is 1. The van der Waals surface area contributed by atoms with E-state index in [0.717, 1.165) is 53.0 Å². The van der Waals surface area contributed by atoms with E-state index >= 15 is 0 Å². The molecular weight excluding hydrogens is 384 g/mol. The van der Waals surface area contributed by atoms with Crippen LogP contribution >= 0.6 is 11.3 Å². The van der Waals surface area contributed by atoms with E-state index in [2.05, 4.69) is 20.2 Å². The first-order chi connectivity index (χ1) is 14.2. The Morgan fingerprint density at radius 2 is 2.10 bits per heavy atom. The van der Waals surface area contributed by atoms with Crippen LogP contribution in [0.15, 0.2) is 30.7 Å². The molecule has 5 rings (SSSR count). The second-order valence-electron chi connectivity index (χ2n) is 7.94. The number of likely N-dealkylation sites (tertiary alicyclic amines) is 2. The number of hydrogen-bond acceptors (Lipinski definition) is 6. The van der Waals surface area contributed by atoms with Crippen molar-refractivity contribution in [2.24, 2.45) is 5.92 Å². The minimum absolute atomic E-state index is 0.163. The zero-order chi connectivity index (χ0) is 19.8. The lowest BCUT2D eigenvalue weighted by atomic mass is 10.1. The van der Waals surface area contributed by atoms with Gasteiger partial charge < -0.3 is 15.1 Å². The summed E-state index contributed by atoms with van der Waals surface area (Å²) < 4.78 is 2.01. The maximum absolute atomic E-state index is 13.1. The molecule has 0 bridgehead atoms. The summed E-state index contributed by atoms with van der Waals surface area (Å²) in [6.07, 6.45) is 9.27. The van der Waals surface area contributed by atoms with Crippen molar-refractivity contribution in [1.29, 1.82) is 0 Å². The number of imidazole rings is 1. The molecule has 0 spiro atoms. The maximum atomic E-state index is 13.1. The summed E-state index contributed by atoms with van der Waals surface area (Å²) in [6, 6.07) is 3.98. The van der Waals surface area contributed by atoms with Gasteiger partial charge in [0.15, 0.2) is 11.5 Å². The van der Waals surface area contributed by atoms with Crippen molar-refractivity contribution < 1.29 is 4.79 Å². The van der Waals surface area contributed by atoms with Crippen molar-refractivity contribution in [3.63, 3.8) is 0 Å². The molecule has 5 heterocycles. The molecule has 0 aromatic carbocycles. The lowest BCUT2D eigenvalue weighted by molar-refractivity contribution is 0.0789. The summed E-state index contributed by atoms with van der Waals surface area (Å²) in [5.41, 5.74) is 1.77. The van der Waals surface area contributed by atoms with Gasteiger partial charge in [0.25, 0.3) is 5.91 Å². The van der Waals surface area contributed by atoms with Crippen LogP contribution < -0.4 is 5.32 Å². The lowest BCUT2D eigenvalue weighted by Gasteiger charge is -2.20. The summed E-state index contributed by atoms with van der Waals surface area (Å²) >= 11 is 1.54. The van der Waals surface area contributed by atoms with E-state index in [4.69, 9.17) is 0 Å². The normalized spacial score (nSPS) is 20.0. The molecule has 0 saturated carbocycles. The SMILES string of the molecule is CNc1nccn2c(-c3ccc(C(=O)N4CCC(CN5CCCC5)C4)s3)cnc12. The number of thiophene rings is 1. The van der Waals surface area contributed by atoms with Crippen molar-refractivity contribution in [3.05, 3.63) is 35.6 Å². The van der Waals surface area contributed by atoms with E-state index in [9.17, 15) is 4.79 Å². The predicted molar refractivity (Wildman–Crippen MR) is 116 cm³/mol. The Labute approximate surface area is 174 Å². The van der Waals surface area contributed by atoms with Crippen LogP contribution in [-0.4, -0.2) is 69.8 Å². The fourth-order valence-corrected chi connectivity index (χ4v) is 5.50. The van der Waals surface area contributed by atoms with Gasteiger partial charge in [0, 0.05) is 39.1 Å². The van der Waals surface area contributed by atoms with Crippen LogP contribution in [0, 0.1) is 5.92 Å². The summed E-state index contributed by atoms with van der Waals surface area (Å²) in [6.45, 7) is 5.35.